The first-order chi connectivity index (χ1) is 10.3. The number of nitrogens with one attached hydrogen (secondary N) is 1. The first-order valence-electron chi connectivity index (χ1n) is 7.16. The quantitative estimate of drug-likeness (QED) is 0.696. The minimum atomic E-state index is 0.334. The van der Waals surface area contributed by atoms with Crippen molar-refractivity contribution in [2.75, 3.05) is 7.05 Å². The van der Waals surface area contributed by atoms with Gasteiger partial charge in [0.15, 0.2) is 0 Å². The standard InChI is InChI=1S/C19H18BrN/c1-21-19(11-14-5-3-2-4-6-14)17-8-7-16-13-18(20)10-9-15(16)12-17/h2-10,12-13,19,21H,11H2,1H3. The molecule has 21 heavy (non-hydrogen) atoms. The first kappa shape index (κ1) is 14.3. The van der Waals surface area contributed by atoms with E-state index in [9.17, 15) is 0 Å². The summed E-state index contributed by atoms with van der Waals surface area (Å²) in [5.74, 6) is 0. The molecule has 0 saturated carbocycles. The van der Waals surface area contributed by atoms with Crippen LogP contribution in [-0.2, 0) is 6.42 Å². The molecule has 0 aromatic heterocycles. The van der Waals surface area contributed by atoms with Crippen LogP contribution in [0.4, 0.5) is 0 Å². The van der Waals surface area contributed by atoms with Gasteiger partial charge in [-0.15, -0.1) is 0 Å². The third-order valence-electron chi connectivity index (χ3n) is 3.86. The zero-order valence-corrected chi connectivity index (χ0v) is 13.6. The van der Waals surface area contributed by atoms with Gasteiger partial charge in [-0.2, -0.15) is 0 Å². The molecule has 0 aliphatic carbocycles. The van der Waals surface area contributed by atoms with Gasteiger partial charge in [-0.1, -0.05) is 64.5 Å². The second-order valence-electron chi connectivity index (χ2n) is 5.28. The van der Waals surface area contributed by atoms with Gasteiger partial charge in [-0.3, -0.25) is 0 Å². The number of hydrogen-bond acceptors (Lipinski definition) is 1. The molecule has 0 aliphatic heterocycles. The van der Waals surface area contributed by atoms with Crippen molar-refractivity contribution in [2.24, 2.45) is 0 Å². The van der Waals surface area contributed by atoms with Crippen molar-refractivity contribution in [2.45, 2.75) is 12.5 Å². The number of rotatable bonds is 4. The van der Waals surface area contributed by atoms with Crippen LogP contribution in [0, 0.1) is 0 Å². The number of fused-ring (bicyclic) bond motifs is 1. The van der Waals surface area contributed by atoms with Gasteiger partial charge >= 0.3 is 0 Å². The van der Waals surface area contributed by atoms with Crippen LogP contribution < -0.4 is 5.32 Å². The molecule has 0 fully saturated rings. The predicted molar refractivity (Wildman–Crippen MR) is 93.6 cm³/mol. The average Bonchev–Trinajstić information content (AvgIpc) is 2.53. The van der Waals surface area contributed by atoms with Crippen molar-refractivity contribution in [1.29, 1.82) is 0 Å². The van der Waals surface area contributed by atoms with Crippen molar-refractivity contribution in [3.63, 3.8) is 0 Å². The fourth-order valence-corrected chi connectivity index (χ4v) is 3.07. The van der Waals surface area contributed by atoms with Crippen LogP contribution in [0.1, 0.15) is 17.2 Å². The number of halogens is 1. The van der Waals surface area contributed by atoms with Crippen LogP contribution >= 0.6 is 15.9 Å². The van der Waals surface area contributed by atoms with Gasteiger partial charge in [-0.05, 0) is 53.6 Å². The molecular formula is C19H18BrN. The van der Waals surface area contributed by atoms with E-state index in [-0.39, 0.29) is 0 Å². The summed E-state index contributed by atoms with van der Waals surface area (Å²) in [6, 6.07) is 24.1. The Hall–Kier alpha value is -1.64. The maximum Gasteiger partial charge on any atom is 0.0358 e. The van der Waals surface area contributed by atoms with E-state index in [1.54, 1.807) is 0 Å². The topological polar surface area (TPSA) is 12.0 Å². The minimum absolute atomic E-state index is 0.334. The van der Waals surface area contributed by atoms with Crippen molar-refractivity contribution < 1.29 is 0 Å². The van der Waals surface area contributed by atoms with Crippen molar-refractivity contribution in [3.8, 4) is 0 Å². The Labute approximate surface area is 134 Å². The molecule has 2 heteroatoms. The molecule has 1 unspecified atom stereocenters. The molecule has 1 nitrogen and oxygen atoms in total. The highest BCUT2D eigenvalue weighted by atomic mass is 79.9. The Morgan fingerprint density at radius 1 is 0.905 bits per heavy atom. The zero-order valence-electron chi connectivity index (χ0n) is 12.0. The number of benzene rings is 3. The molecule has 1 atom stereocenters. The Balaban J connectivity index is 1.91. The lowest BCUT2D eigenvalue weighted by atomic mass is 9.97. The Kier molecular flexibility index (Phi) is 4.37. The fraction of sp³-hybridized carbons (Fsp3) is 0.158. The van der Waals surface area contributed by atoms with E-state index >= 15 is 0 Å². The molecule has 0 bridgehead atoms. The SMILES string of the molecule is CNC(Cc1ccccc1)c1ccc2cc(Br)ccc2c1. The van der Waals surface area contributed by atoms with Gasteiger partial charge in [0.1, 0.15) is 0 Å². The van der Waals surface area contributed by atoms with E-state index < -0.39 is 0 Å². The van der Waals surface area contributed by atoms with Crippen LogP contribution in [0.2, 0.25) is 0 Å². The van der Waals surface area contributed by atoms with Gasteiger partial charge in [0.2, 0.25) is 0 Å². The number of likely N-dealkylation sites (N-methyl/N-ethyl adjacent to an activating group) is 1. The number of hydrogen-bond donors (Lipinski definition) is 1. The van der Waals surface area contributed by atoms with Gasteiger partial charge in [0, 0.05) is 10.5 Å². The van der Waals surface area contributed by atoms with Crippen molar-refractivity contribution >= 4 is 26.7 Å². The summed E-state index contributed by atoms with van der Waals surface area (Å²) in [6.45, 7) is 0. The zero-order chi connectivity index (χ0) is 14.7. The molecule has 0 heterocycles. The van der Waals surface area contributed by atoms with E-state index in [0.29, 0.717) is 6.04 Å². The second kappa shape index (κ2) is 6.42. The normalized spacial score (nSPS) is 12.5. The van der Waals surface area contributed by atoms with E-state index in [2.05, 4.69) is 88.0 Å². The van der Waals surface area contributed by atoms with Gasteiger partial charge in [0.05, 0.1) is 0 Å². The summed E-state index contributed by atoms with van der Waals surface area (Å²) in [5, 5.41) is 5.98. The monoisotopic (exact) mass is 339 g/mol. The molecule has 0 radical (unpaired) electrons. The first-order valence-corrected chi connectivity index (χ1v) is 7.96. The summed E-state index contributed by atoms with van der Waals surface area (Å²) < 4.78 is 1.12. The van der Waals surface area contributed by atoms with Crippen molar-refractivity contribution in [1.82, 2.24) is 5.32 Å². The molecule has 3 aromatic carbocycles. The van der Waals surface area contributed by atoms with E-state index in [1.807, 2.05) is 7.05 Å². The summed E-state index contributed by atoms with van der Waals surface area (Å²) in [6.07, 6.45) is 0.999. The maximum atomic E-state index is 3.53. The molecule has 0 spiro atoms. The smallest absolute Gasteiger partial charge is 0.0358 e. The highest BCUT2D eigenvalue weighted by molar-refractivity contribution is 9.10. The van der Waals surface area contributed by atoms with E-state index in [4.69, 9.17) is 0 Å². The van der Waals surface area contributed by atoms with Crippen LogP contribution in [-0.4, -0.2) is 7.05 Å². The molecule has 0 amide bonds. The fourth-order valence-electron chi connectivity index (χ4n) is 2.69. The predicted octanol–water partition coefficient (Wildman–Crippen LogP) is 5.11. The van der Waals surface area contributed by atoms with Gasteiger partial charge < -0.3 is 5.32 Å². The Morgan fingerprint density at radius 2 is 1.62 bits per heavy atom. The lowest BCUT2D eigenvalue weighted by Crippen LogP contribution is -2.18. The lowest BCUT2D eigenvalue weighted by Gasteiger charge is -2.17. The lowest BCUT2D eigenvalue weighted by molar-refractivity contribution is 0.593. The van der Waals surface area contributed by atoms with Crippen LogP contribution in [0.15, 0.2) is 71.2 Å². The third kappa shape index (κ3) is 3.34. The van der Waals surface area contributed by atoms with Gasteiger partial charge in [-0.25, -0.2) is 0 Å². The summed E-state index contributed by atoms with van der Waals surface area (Å²) in [5.41, 5.74) is 2.68. The highest BCUT2D eigenvalue weighted by Crippen LogP contribution is 2.25. The summed E-state index contributed by atoms with van der Waals surface area (Å²) >= 11 is 3.53. The van der Waals surface area contributed by atoms with Crippen molar-refractivity contribution in [3.05, 3.63) is 82.3 Å². The van der Waals surface area contributed by atoms with Crippen LogP contribution in [0.25, 0.3) is 10.8 Å². The largest absolute Gasteiger partial charge is 0.313 e. The summed E-state index contributed by atoms with van der Waals surface area (Å²) in [4.78, 5) is 0. The minimum Gasteiger partial charge on any atom is -0.313 e. The van der Waals surface area contributed by atoms with Crippen LogP contribution in [0.5, 0.6) is 0 Å². The molecule has 0 aliphatic rings. The molecule has 3 rings (SSSR count). The highest BCUT2D eigenvalue weighted by Gasteiger charge is 2.10. The Bertz CT molecular complexity index is 737. The summed E-state index contributed by atoms with van der Waals surface area (Å²) in [7, 11) is 2.03. The maximum absolute atomic E-state index is 3.53. The van der Waals surface area contributed by atoms with Gasteiger partial charge in [0.25, 0.3) is 0 Å². The van der Waals surface area contributed by atoms with Crippen LogP contribution in [0.3, 0.4) is 0 Å². The average molecular weight is 340 g/mol. The molecule has 0 saturated heterocycles. The molecule has 3 aromatic rings. The molecule has 106 valence electrons. The van der Waals surface area contributed by atoms with E-state index in [0.717, 1.165) is 10.9 Å². The third-order valence-corrected chi connectivity index (χ3v) is 4.35. The molecule has 1 N–H and O–H groups in total. The second-order valence-corrected chi connectivity index (χ2v) is 6.20. The molecular weight excluding hydrogens is 322 g/mol. The van der Waals surface area contributed by atoms with E-state index in [1.165, 1.54) is 21.9 Å². The Morgan fingerprint density at radius 3 is 2.38 bits per heavy atom.